The number of hydrogen-bond acceptors (Lipinski definition) is 7. The highest BCUT2D eigenvalue weighted by atomic mass is 32.2. The van der Waals surface area contributed by atoms with Gasteiger partial charge in [0, 0.05) is 18.8 Å². The van der Waals surface area contributed by atoms with Gasteiger partial charge >= 0.3 is 5.69 Å². The summed E-state index contributed by atoms with van der Waals surface area (Å²) in [5.74, 6) is 0.469. The number of H-pyrrole nitrogens is 1. The number of carbonyl (C=O) groups excluding carboxylic acids is 1. The number of hydrogen-bond donors (Lipinski definition) is 1. The molecule has 0 aliphatic heterocycles. The van der Waals surface area contributed by atoms with Gasteiger partial charge in [-0.05, 0) is 12.1 Å². The molecular weight excluding hydrogens is 416 g/mol. The largest absolute Gasteiger partial charge is 0.329 e. The fraction of sp³-hybridized carbons (Fsp3) is 0.143. The molecule has 0 amide bonds. The highest BCUT2D eigenvalue weighted by Gasteiger charge is 2.20. The molecule has 0 saturated carbocycles. The van der Waals surface area contributed by atoms with Gasteiger partial charge in [0.05, 0.1) is 17.9 Å². The molecule has 31 heavy (non-hydrogen) atoms. The number of ketones is 1. The Bertz CT molecular complexity index is 1450. The Kier molecular flexibility index (Phi) is 5.51. The molecule has 0 aliphatic carbocycles. The Morgan fingerprint density at radius 1 is 1.19 bits per heavy atom. The minimum absolute atomic E-state index is 0.120. The lowest BCUT2D eigenvalue weighted by Gasteiger charge is -2.08. The van der Waals surface area contributed by atoms with Crippen LogP contribution >= 0.6 is 11.8 Å². The summed E-state index contributed by atoms with van der Waals surface area (Å²) in [6.45, 7) is -0.120. The number of aryl methyl sites for hydroxylation is 1. The Morgan fingerprint density at radius 3 is 2.71 bits per heavy atom. The van der Waals surface area contributed by atoms with Crippen molar-refractivity contribution in [2.24, 2.45) is 7.05 Å². The Balaban J connectivity index is 1.79. The van der Waals surface area contributed by atoms with E-state index in [0.29, 0.717) is 22.0 Å². The molecule has 1 N–H and O–H groups in total. The molecule has 10 heteroatoms. The number of nitriles is 1. The summed E-state index contributed by atoms with van der Waals surface area (Å²) < 4.78 is 2.75. The zero-order valence-corrected chi connectivity index (χ0v) is 17.2. The molecule has 3 aromatic heterocycles. The number of pyridine rings is 1. The van der Waals surface area contributed by atoms with Crippen LogP contribution in [0.15, 0.2) is 63.3 Å². The van der Waals surface area contributed by atoms with E-state index in [-0.39, 0.29) is 29.2 Å². The lowest BCUT2D eigenvalue weighted by molar-refractivity contribution is 0.0972. The van der Waals surface area contributed by atoms with Crippen molar-refractivity contribution in [3.63, 3.8) is 0 Å². The first-order valence-electron chi connectivity index (χ1n) is 9.24. The lowest BCUT2D eigenvalue weighted by Crippen LogP contribution is -2.29. The molecule has 0 radical (unpaired) electrons. The van der Waals surface area contributed by atoms with Gasteiger partial charge in [0.2, 0.25) is 0 Å². The first-order valence-corrected chi connectivity index (χ1v) is 10.2. The number of nitrogens with zero attached hydrogens (tertiary/aromatic N) is 5. The molecule has 0 saturated heterocycles. The molecule has 9 nitrogen and oxygen atoms in total. The van der Waals surface area contributed by atoms with Crippen molar-refractivity contribution in [1.82, 2.24) is 24.1 Å². The predicted molar refractivity (Wildman–Crippen MR) is 115 cm³/mol. The van der Waals surface area contributed by atoms with Crippen LogP contribution in [0.5, 0.6) is 0 Å². The van der Waals surface area contributed by atoms with Crippen LogP contribution in [-0.2, 0) is 19.3 Å². The SMILES string of the molecule is Cn1c(=O)[nH]c(=O)c2c1nc(CSc1ncccc1C#N)n2CC(=O)c1ccccc1. The summed E-state index contributed by atoms with van der Waals surface area (Å²) >= 11 is 1.27. The van der Waals surface area contributed by atoms with Crippen molar-refractivity contribution in [2.45, 2.75) is 17.3 Å². The van der Waals surface area contributed by atoms with Crippen LogP contribution < -0.4 is 11.2 Å². The number of thioether (sulfide) groups is 1. The quantitative estimate of drug-likeness (QED) is 0.364. The lowest BCUT2D eigenvalue weighted by atomic mass is 10.1. The number of Topliss-reactive ketones (excluding diaryl/α,β-unsaturated/α-hetero) is 1. The number of aromatic nitrogens is 5. The normalized spacial score (nSPS) is 10.8. The highest BCUT2D eigenvalue weighted by Crippen LogP contribution is 2.25. The number of imidazole rings is 1. The second-order valence-electron chi connectivity index (χ2n) is 6.65. The summed E-state index contributed by atoms with van der Waals surface area (Å²) in [5.41, 5.74) is 0.0437. The second-order valence-corrected chi connectivity index (χ2v) is 7.61. The number of nitrogens with one attached hydrogen (secondary N) is 1. The monoisotopic (exact) mass is 432 g/mol. The molecular formula is C21H16N6O3S. The van der Waals surface area contributed by atoms with E-state index in [1.807, 2.05) is 6.07 Å². The maximum atomic E-state index is 12.9. The van der Waals surface area contributed by atoms with E-state index >= 15 is 0 Å². The van der Waals surface area contributed by atoms with Crippen molar-refractivity contribution in [1.29, 1.82) is 5.26 Å². The molecule has 0 spiro atoms. The van der Waals surface area contributed by atoms with Crippen molar-refractivity contribution >= 4 is 28.7 Å². The smallest absolute Gasteiger partial charge is 0.313 e. The molecule has 0 atom stereocenters. The predicted octanol–water partition coefficient (Wildman–Crippen LogP) is 1.87. The third-order valence-electron chi connectivity index (χ3n) is 4.71. The number of aromatic amines is 1. The van der Waals surface area contributed by atoms with Gasteiger partial charge in [-0.1, -0.05) is 42.1 Å². The van der Waals surface area contributed by atoms with Crippen LogP contribution in [0.4, 0.5) is 0 Å². The van der Waals surface area contributed by atoms with Crippen LogP contribution in [0.1, 0.15) is 21.7 Å². The molecule has 4 aromatic rings. The number of rotatable bonds is 6. The van der Waals surface area contributed by atoms with Gasteiger partial charge in [-0.3, -0.25) is 19.1 Å². The average Bonchev–Trinajstić information content (AvgIpc) is 3.15. The second kappa shape index (κ2) is 8.41. The average molecular weight is 432 g/mol. The summed E-state index contributed by atoms with van der Waals surface area (Å²) in [5, 5.41) is 9.80. The minimum Gasteiger partial charge on any atom is -0.313 e. The van der Waals surface area contributed by atoms with Gasteiger partial charge in [-0.2, -0.15) is 5.26 Å². The van der Waals surface area contributed by atoms with E-state index in [1.54, 1.807) is 42.6 Å². The van der Waals surface area contributed by atoms with E-state index in [4.69, 9.17) is 0 Å². The molecule has 3 heterocycles. The number of carbonyl (C=O) groups is 1. The van der Waals surface area contributed by atoms with Crippen molar-refractivity contribution in [2.75, 3.05) is 0 Å². The Labute approximate surface area is 180 Å². The highest BCUT2D eigenvalue weighted by molar-refractivity contribution is 7.98. The summed E-state index contributed by atoms with van der Waals surface area (Å²) in [4.78, 5) is 48.4. The van der Waals surface area contributed by atoms with Gasteiger partial charge < -0.3 is 4.57 Å². The summed E-state index contributed by atoms with van der Waals surface area (Å²) in [6, 6.07) is 14.1. The summed E-state index contributed by atoms with van der Waals surface area (Å²) in [6.07, 6.45) is 1.58. The fourth-order valence-corrected chi connectivity index (χ4v) is 4.03. The minimum atomic E-state index is -0.613. The molecule has 1 aromatic carbocycles. The van der Waals surface area contributed by atoms with Crippen LogP contribution in [0.3, 0.4) is 0 Å². The molecule has 0 bridgehead atoms. The van der Waals surface area contributed by atoms with E-state index in [0.717, 1.165) is 0 Å². The molecule has 4 rings (SSSR count). The van der Waals surface area contributed by atoms with Gasteiger partial charge in [0.1, 0.15) is 16.9 Å². The van der Waals surface area contributed by atoms with Crippen molar-refractivity contribution in [3.8, 4) is 6.07 Å². The fourth-order valence-electron chi connectivity index (χ4n) is 3.14. The van der Waals surface area contributed by atoms with E-state index in [9.17, 15) is 19.6 Å². The zero-order chi connectivity index (χ0) is 22.0. The van der Waals surface area contributed by atoms with E-state index < -0.39 is 11.2 Å². The molecule has 154 valence electrons. The van der Waals surface area contributed by atoms with Crippen LogP contribution in [-0.4, -0.2) is 29.9 Å². The first-order chi connectivity index (χ1) is 15.0. The van der Waals surface area contributed by atoms with Gasteiger partial charge in [-0.15, -0.1) is 0 Å². The Hall–Kier alpha value is -3.97. The van der Waals surface area contributed by atoms with Crippen LogP contribution in [0, 0.1) is 11.3 Å². The van der Waals surface area contributed by atoms with E-state index in [2.05, 4.69) is 21.0 Å². The van der Waals surface area contributed by atoms with Crippen molar-refractivity contribution in [3.05, 3.63) is 86.5 Å². The maximum absolute atomic E-state index is 12.9. The standard InChI is InChI=1S/C21H16N6O3S/c1-26-18-17(19(29)25-21(26)30)27(11-15(28)13-6-3-2-4-7-13)16(24-18)12-31-20-14(10-22)8-5-9-23-20/h2-9H,11-12H2,1H3,(H,25,29,30). The molecule has 0 aliphatic rings. The maximum Gasteiger partial charge on any atom is 0.329 e. The third kappa shape index (κ3) is 3.91. The molecule has 0 fully saturated rings. The van der Waals surface area contributed by atoms with E-state index in [1.165, 1.54) is 27.9 Å². The van der Waals surface area contributed by atoms with Crippen molar-refractivity contribution < 1.29 is 4.79 Å². The summed E-state index contributed by atoms with van der Waals surface area (Å²) in [7, 11) is 1.50. The number of benzene rings is 1. The van der Waals surface area contributed by atoms with Gasteiger partial charge in [-0.25, -0.2) is 14.8 Å². The molecule has 0 unspecified atom stereocenters. The topological polar surface area (TPSA) is 126 Å². The first kappa shape index (κ1) is 20.3. The Morgan fingerprint density at radius 2 is 1.97 bits per heavy atom. The van der Waals surface area contributed by atoms with Gasteiger partial charge in [0.25, 0.3) is 5.56 Å². The van der Waals surface area contributed by atoms with Crippen LogP contribution in [0.2, 0.25) is 0 Å². The third-order valence-corrected chi connectivity index (χ3v) is 5.71. The van der Waals surface area contributed by atoms with Crippen LogP contribution in [0.25, 0.3) is 11.2 Å². The zero-order valence-electron chi connectivity index (χ0n) is 16.4. The van der Waals surface area contributed by atoms with Gasteiger partial charge in [0.15, 0.2) is 16.9 Å². The number of fused-ring (bicyclic) bond motifs is 1.